The molecule has 2 aromatic carbocycles. The van der Waals surface area contributed by atoms with Gasteiger partial charge in [0.05, 0.1) is 19.3 Å². The first kappa shape index (κ1) is 20.2. The molecule has 0 radical (unpaired) electrons. The van der Waals surface area contributed by atoms with Gasteiger partial charge in [0.25, 0.3) is 11.8 Å². The minimum Gasteiger partial charge on any atom is -0.378 e. The maximum Gasteiger partial charge on any atom is 0.255 e. The fourth-order valence-electron chi connectivity index (χ4n) is 4.50. The van der Waals surface area contributed by atoms with Crippen molar-refractivity contribution in [3.05, 3.63) is 71.8 Å². The molecule has 31 heavy (non-hydrogen) atoms. The quantitative estimate of drug-likeness (QED) is 0.732. The molecule has 0 N–H and O–H groups in total. The average Bonchev–Trinajstić information content (AvgIpc) is 3.23. The Kier molecular flexibility index (Phi) is 5.72. The van der Waals surface area contributed by atoms with E-state index in [-0.39, 0.29) is 17.9 Å². The van der Waals surface area contributed by atoms with Crippen LogP contribution in [-0.2, 0) is 36.8 Å². The number of ether oxygens (including phenoxy) is 3. The number of benzene rings is 2. The van der Waals surface area contributed by atoms with Crippen LogP contribution in [0.1, 0.15) is 11.1 Å². The number of amides is 2. The molecule has 7 nitrogen and oxygen atoms in total. The predicted molar refractivity (Wildman–Crippen MR) is 112 cm³/mol. The minimum atomic E-state index is -0.908. The molecule has 0 saturated carbocycles. The second kappa shape index (κ2) is 8.78. The van der Waals surface area contributed by atoms with Crippen LogP contribution in [0.25, 0.3) is 0 Å². The van der Waals surface area contributed by atoms with Gasteiger partial charge in [-0.2, -0.15) is 0 Å². The molecule has 3 fully saturated rings. The smallest absolute Gasteiger partial charge is 0.255 e. The Hall–Kier alpha value is -2.74. The van der Waals surface area contributed by atoms with Gasteiger partial charge in [0.1, 0.15) is 0 Å². The first-order chi connectivity index (χ1) is 15.2. The van der Waals surface area contributed by atoms with Gasteiger partial charge in [0, 0.05) is 19.6 Å². The fourth-order valence-corrected chi connectivity index (χ4v) is 4.50. The minimum absolute atomic E-state index is 0.190. The molecule has 2 amide bonds. The van der Waals surface area contributed by atoms with E-state index in [0.717, 1.165) is 11.1 Å². The van der Waals surface area contributed by atoms with E-state index in [9.17, 15) is 9.59 Å². The highest BCUT2D eigenvalue weighted by Gasteiger charge is 2.56. The predicted octanol–water partition coefficient (Wildman–Crippen LogP) is 1.61. The summed E-state index contributed by atoms with van der Waals surface area (Å²) >= 11 is 0. The van der Waals surface area contributed by atoms with Gasteiger partial charge in [0.2, 0.25) is 0 Å². The molecule has 4 atom stereocenters. The van der Waals surface area contributed by atoms with E-state index >= 15 is 0 Å². The summed E-state index contributed by atoms with van der Waals surface area (Å²) in [4.78, 5) is 30.2. The Morgan fingerprint density at radius 3 is 2.23 bits per heavy atom. The SMILES string of the molecule is O=C([C@@H]1O[C@@H]2O[C@H]1C(=O)N(Cc1ccccc1)[C@H]2Cc1ccccc1)N1CCOCC1. The third-order valence-electron chi connectivity index (χ3n) is 6.13. The molecule has 3 aliphatic rings. The lowest BCUT2D eigenvalue weighted by molar-refractivity contribution is -0.177. The number of hydrogen-bond acceptors (Lipinski definition) is 5. The van der Waals surface area contributed by atoms with Crippen molar-refractivity contribution in [2.24, 2.45) is 0 Å². The van der Waals surface area contributed by atoms with Crippen molar-refractivity contribution in [2.75, 3.05) is 26.3 Å². The van der Waals surface area contributed by atoms with Crippen molar-refractivity contribution >= 4 is 11.8 Å². The Labute approximate surface area is 181 Å². The van der Waals surface area contributed by atoms with Gasteiger partial charge in [-0.15, -0.1) is 0 Å². The maximum absolute atomic E-state index is 13.5. The van der Waals surface area contributed by atoms with Gasteiger partial charge in [0.15, 0.2) is 18.5 Å². The Bertz CT molecular complexity index is 916. The van der Waals surface area contributed by atoms with Crippen LogP contribution in [-0.4, -0.2) is 72.5 Å². The molecule has 3 heterocycles. The Balaban J connectivity index is 1.41. The van der Waals surface area contributed by atoms with Crippen molar-refractivity contribution < 1.29 is 23.8 Å². The third-order valence-corrected chi connectivity index (χ3v) is 6.13. The molecule has 0 aliphatic carbocycles. The van der Waals surface area contributed by atoms with Crippen LogP contribution in [0.15, 0.2) is 60.7 Å². The highest BCUT2D eigenvalue weighted by atomic mass is 16.7. The number of hydrogen-bond donors (Lipinski definition) is 0. The van der Waals surface area contributed by atoms with Crippen molar-refractivity contribution in [3.8, 4) is 0 Å². The normalized spacial score (nSPS) is 28.1. The third kappa shape index (κ3) is 4.08. The molecular formula is C24H26N2O5. The van der Waals surface area contributed by atoms with Crippen LogP contribution in [0.4, 0.5) is 0 Å². The molecule has 3 saturated heterocycles. The van der Waals surface area contributed by atoms with E-state index in [2.05, 4.69) is 0 Å². The van der Waals surface area contributed by atoms with Gasteiger partial charge in [-0.05, 0) is 17.5 Å². The summed E-state index contributed by atoms with van der Waals surface area (Å²) in [5.41, 5.74) is 2.12. The first-order valence-corrected chi connectivity index (χ1v) is 10.8. The van der Waals surface area contributed by atoms with Gasteiger partial charge >= 0.3 is 0 Å². The van der Waals surface area contributed by atoms with Crippen molar-refractivity contribution in [1.82, 2.24) is 9.80 Å². The largest absolute Gasteiger partial charge is 0.378 e. The van der Waals surface area contributed by atoms with E-state index in [0.29, 0.717) is 39.3 Å². The molecule has 0 unspecified atom stereocenters. The highest BCUT2D eigenvalue weighted by Crippen LogP contribution is 2.35. The fraction of sp³-hybridized carbons (Fsp3) is 0.417. The summed E-state index contributed by atoms with van der Waals surface area (Å²) in [5, 5.41) is 0. The number of nitrogens with zero attached hydrogens (tertiary/aromatic N) is 2. The maximum atomic E-state index is 13.5. The lowest BCUT2D eigenvalue weighted by Crippen LogP contribution is -2.57. The van der Waals surface area contributed by atoms with Gasteiger partial charge < -0.3 is 24.0 Å². The molecule has 2 bridgehead atoms. The molecule has 162 valence electrons. The van der Waals surface area contributed by atoms with Crippen LogP contribution >= 0.6 is 0 Å². The van der Waals surface area contributed by atoms with Crippen molar-refractivity contribution in [3.63, 3.8) is 0 Å². The summed E-state index contributed by atoms with van der Waals surface area (Å²) < 4.78 is 17.4. The van der Waals surface area contributed by atoms with Crippen LogP contribution < -0.4 is 0 Å². The van der Waals surface area contributed by atoms with E-state index in [1.54, 1.807) is 4.90 Å². The topological polar surface area (TPSA) is 68.3 Å². The van der Waals surface area contributed by atoms with E-state index in [4.69, 9.17) is 14.2 Å². The van der Waals surface area contributed by atoms with Crippen LogP contribution in [0.2, 0.25) is 0 Å². The van der Waals surface area contributed by atoms with Crippen molar-refractivity contribution in [2.45, 2.75) is 37.5 Å². The lowest BCUT2D eigenvalue weighted by atomic mass is 10.0. The van der Waals surface area contributed by atoms with Gasteiger partial charge in [-0.25, -0.2) is 0 Å². The Morgan fingerprint density at radius 2 is 1.55 bits per heavy atom. The summed E-state index contributed by atoms with van der Waals surface area (Å²) in [6, 6.07) is 19.5. The van der Waals surface area contributed by atoms with Gasteiger partial charge in [-0.1, -0.05) is 60.7 Å². The molecule has 2 aromatic rings. The van der Waals surface area contributed by atoms with Crippen LogP contribution in [0.5, 0.6) is 0 Å². The number of carbonyl (C=O) groups excluding carboxylic acids is 2. The molecule has 3 aliphatic heterocycles. The summed E-state index contributed by atoms with van der Waals surface area (Å²) in [7, 11) is 0. The molecule has 0 spiro atoms. The number of morpholine rings is 2. The standard InChI is InChI=1S/C24H26N2O5/c27-22(25-11-13-29-14-12-25)20-21-23(28)26(16-18-9-5-2-6-10-18)19(24(30-20)31-21)15-17-7-3-1-4-8-17/h1-10,19-21,24H,11-16H2/t19-,20+,21+,24+/m0/s1. The monoisotopic (exact) mass is 422 g/mol. The number of rotatable bonds is 5. The number of fused-ring (bicyclic) bond motifs is 2. The van der Waals surface area contributed by atoms with Gasteiger partial charge in [-0.3, -0.25) is 9.59 Å². The summed E-state index contributed by atoms with van der Waals surface area (Å²) in [6.45, 7) is 2.46. The second-order valence-electron chi connectivity index (χ2n) is 8.13. The van der Waals surface area contributed by atoms with E-state index < -0.39 is 18.5 Å². The zero-order valence-corrected chi connectivity index (χ0v) is 17.3. The first-order valence-electron chi connectivity index (χ1n) is 10.8. The zero-order chi connectivity index (χ0) is 21.2. The summed E-state index contributed by atoms with van der Waals surface area (Å²) in [6.07, 6.45) is -1.86. The molecule has 0 aromatic heterocycles. The average molecular weight is 422 g/mol. The van der Waals surface area contributed by atoms with Crippen molar-refractivity contribution in [1.29, 1.82) is 0 Å². The zero-order valence-electron chi connectivity index (χ0n) is 17.3. The Morgan fingerprint density at radius 1 is 0.903 bits per heavy atom. The van der Waals surface area contributed by atoms with Crippen LogP contribution in [0.3, 0.4) is 0 Å². The molecule has 5 rings (SSSR count). The second-order valence-corrected chi connectivity index (χ2v) is 8.13. The van der Waals surface area contributed by atoms with E-state index in [1.807, 2.05) is 65.6 Å². The van der Waals surface area contributed by atoms with Crippen LogP contribution in [0, 0.1) is 0 Å². The number of carbonyl (C=O) groups is 2. The summed E-state index contributed by atoms with van der Waals surface area (Å²) in [5.74, 6) is -0.380. The lowest BCUT2D eigenvalue weighted by Gasteiger charge is -2.38. The van der Waals surface area contributed by atoms with E-state index in [1.165, 1.54) is 0 Å². The molecular weight excluding hydrogens is 396 g/mol. The highest BCUT2D eigenvalue weighted by molar-refractivity contribution is 5.92. The molecule has 7 heteroatoms.